The number of carbonyl (C=O) groups is 3. The van der Waals surface area contributed by atoms with Crippen molar-refractivity contribution >= 4 is 18.0 Å². The Morgan fingerprint density at radius 1 is 0.971 bits per heavy atom. The molecule has 0 aromatic heterocycles. The van der Waals surface area contributed by atoms with Gasteiger partial charge in [-0.15, -0.1) is 0 Å². The first-order chi connectivity index (χ1) is 16.4. The number of amides is 2. The molecule has 1 fully saturated rings. The molecule has 1 saturated carbocycles. The van der Waals surface area contributed by atoms with Crippen LogP contribution in [-0.2, 0) is 14.3 Å². The van der Waals surface area contributed by atoms with Gasteiger partial charge < -0.3 is 20.5 Å². The van der Waals surface area contributed by atoms with E-state index in [0.717, 1.165) is 47.9 Å². The van der Waals surface area contributed by atoms with Gasteiger partial charge in [-0.05, 0) is 60.3 Å². The fourth-order valence-electron chi connectivity index (χ4n) is 5.03. The fraction of sp³-hybridized carbons (Fsp3) is 0.444. The van der Waals surface area contributed by atoms with Crippen LogP contribution in [0.25, 0.3) is 11.1 Å². The van der Waals surface area contributed by atoms with Gasteiger partial charge in [0.25, 0.3) is 0 Å². The lowest BCUT2D eigenvalue weighted by molar-refractivity contribution is -0.137. The van der Waals surface area contributed by atoms with Crippen LogP contribution < -0.4 is 10.6 Å². The van der Waals surface area contributed by atoms with Crippen molar-refractivity contribution in [2.75, 3.05) is 6.61 Å². The van der Waals surface area contributed by atoms with Gasteiger partial charge in [-0.25, -0.2) is 4.79 Å². The topological polar surface area (TPSA) is 105 Å². The van der Waals surface area contributed by atoms with Crippen LogP contribution in [0.2, 0.25) is 0 Å². The summed E-state index contributed by atoms with van der Waals surface area (Å²) in [7, 11) is 0. The predicted octanol–water partition coefficient (Wildman–Crippen LogP) is 4.45. The number of hydrogen-bond acceptors (Lipinski definition) is 4. The second kappa shape index (κ2) is 10.7. The van der Waals surface area contributed by atoms with E-state index in [1.54, 1.807) is 0 Å². The third-order valence-electron chi connectivity index (χ3n) is 6.96. The normalized spacial score (nSPS) is 20.0. The second-order valence-corrected chi connectivity index (χ2v) is 9.42. The molecule has 180 valence electrons. The van der Waals surface area contributed by atoms with Crippen molar-refractivity contribution < 1.29 is 24.2 Å². The van der Waals surface area contributed by atoms with Crippen LogP contribution in [0.1, 0.15) is 62.5 Å². The molecule has 2 aliphatic rings. The van der Waals surface area contributed by atoms with E-state index in [1.165, 1.54) is 0 Å². The predicted molar refractivity (Wildman–Crippen MR) is 128 cm³/mol. The van der Waals surface area contributed by atoms with Gasteiger partial charge in [0.1, 0.15) is 12.6 Å². The molecule has 7 nitrogen and oxygen atoms in total. The zero-order chi connectivity index (χ0) is 24.1. The molecule has 2 aromatic carbocycles. The number of carboxylic acids is 1. The van der Waals surface area contributed by atoms with Gasteiger partial charge in [0.05, 0.1) is 0 Å². The van der Waals surface area contributed by atoms with E-state index in [1.807, 2.05) is 36.4 Å². The fourth-order valence-corrected chi connectivity index (χ4v) is 5.03. The number of aliphatic carboxylic acids is 1. The highest BCUT2D eigenvalue weighted by molar-refractivity contribution is 5.86. The Kier molecular flexibility index (Phi) is 7.50. The third-order valence-corrected chi connectivity index (χ3v) is 6.96. The van der Waals surface area contributed by atoms with Crippen molar-refractivity contribution in [3.8, 4) is 11.1 Å². The summed E-state index contributed by atoms with van der Waals surface area (Å²) < 4.78 is 5.55. The molecule has 0 radical (unpaired) electrons. The van der Waals surface area contributed by atoms with E-state index in [0.29, 0.717) is 5.92 Å². The first-order valence-electron chi connectivity index (χ1n) is 12.1. The highest BCUT2D eigenvalue weighted by Crippen LogP contribution is 2.44. The van der Waals surface area contributed by atoms with Crippen molar-refractivity contribution in [3.05, 3.63) is 59.7 Å². The van der Waals surface area contributed by atoms with Gasteiger partial charge in [0.2, 0.25) is 5.91 Å². The van der Waals surface area contributed by atoms with Crippen molar-refractivity contribution in [2.24, 2.45) is 5.92 Å². The first kappa shape index (κ1) is 23.8. The van der Waals surface area contributed by atoms with Gasteiger partial charge in [-0.1, -0.05) is 55.5 Å². The number of nitrogens with one attached hydrogen (secondary N) is 2. The number of benzene rings is 2. The van der Waals surface area contributed by atoms with Crippen LogP contribution in [0.5, 0.6) is 0 Å². The summed E-state index contributed by atoms with van der Waals surface area (Å²) in [5.41, 5.74) is 4.46. The van der Waals surface area contributed by atoms with E-state index in [2.05, 4.69) is 29.7 Å². The molecule has 3 N–H and O–H groups in total. The zero-order valence-electron chi connectivity index (χ0n) is 19.5. The molecule has 0 heterocycles. The van der Waals surface area contributed by atoms with Crippen molar-refractivity contribution in [1.82, 2.24) is 10.6 Å². The number of ether oxygens (including phenoxy) is 1. The van der Waals surface area contributed by atoms with Crippen LogP contribution in [0.15, 0.2) is 48.5 Å². The van der Waals surface area contributed by atoms with Gasteiger partial charge >= 0.3 is 12.1 Å². The molecule has 2 aromatic rings. The van der Waals surface area contributed by atoms with Crippen LogP contribution in [-0.4, -0.2) is 41.8 Å². The van der Waals surface area contributed by atoms with Gasteiger partial charge in [0, 0.05) is 18.4 Å². The highest BCUT2D eigenvalue weighted by Gasteiger charge is 2.30. The Morgan fingerprint density at radius 3 is 2.15 bits per heavy atom. The molecule has 1 unspecified atom stereocenters. The Labute approximate surface area is 199 Å². The smallest absolute Gasteiger partial charge is 0.407 e. The average molecular weight is 465 g/mol. The van der Waals surface area contributed by atoms with Crippen LogP contribution in [0, 0.1) is 5.92 Å². The minimum Gasteiger partial charge on any atom is -0.481 e. The third kappa shape index (κ3) is 5.58. The molecule has 0 spiro atoms. The molecule has 1 atom stereocenters. The van der Waals surface area contributed by atoms with Crippen molar-refractivity contribution in [1.29, 1.82) is 0 Å². The number of carboxylic acid groups (broad SMARTS) is 1. The summed E-state index contributed by atoms with van der Waals surface area (Å²) >= 11 is 0. The maximum absolute atomic E-state index is 12.9. The summed E-state index contributed by atoms with van der Waals surface area (Å²) in [5.74, 6) is -0.809. The van der Waals surface area contributed by atoms with Crippen molar-refractivity contribution in [2.45, 2.75) is 63.5 Å². The number of rotatable bonds is 8. The molecule has 7 heteroatoms. The van der Waals surface area contributed by atoms with E-state index < -0.39 is 18.1 Å². The molecule has 34 heavy (non-hydrogen) atoms. The van der Waals surface area contributed by atoms with Gasteiger partial charge in [-0.3, -0.25) is 9.59 Å². The molecule has 2 aliphatic carbocycles. The molecule has 2 amide bonds. The Morgan fingerprint density at radius 2 is 1.56 bits per heavy atom. The van der Waals surface area contributed by atoms with E-state index in [9.17, 15) is 14.4 Å². The molecular weight excluding hydrogens is 432 g/mol. The number of fused-ring (bicyclic) bond motifs is 3. The molecule has 4 rings (SSSR count). The lowest BCUT2D eigenvalue weighted by Gasteiger charge is -2.28. The minimum absolute atomic E-state index is 0.00842. The number of alkyl carbamates (subject to hydrolysis) is 1. The van der Waals surface area contributed by atoms with Crippen LogP contribution in [0.4, 0.5) is 4.79 Å². The summed E-state index contributed by atoms with van der Waals surface area (Å²) in [4.78, 5) is 36.6. The monoisotopic (exact) mass is 464 g/mol. The lowest BCUT2D eigenvalue weighted by atomic mass is 9.87. The van der Waals surface area contributed by atoms with E-state index in [-0.39, 0.29) is 37.3 Å². The van der Waals surface area contributed by atoms with Gasteiger partial charge in [-0.2, -0.15) is 0 Å². The van der Waals surface area contributed by atoms with Crippen molar-refractivity contribution in [3.63, 3.8) is 0 Å². The highest BCUT2D eigenvalue weighted by atomic mass is 16.5. The summed E-state index contributed by atoms with van der Waals surface area (Å²) in [6, 6.07) is 15.2. The lowest BCUT2D eigenvalue weighted by Crippen LogP contribution is -2.50. The minimum atomic E-state index is -1.02. The summed E-state index contributed by atoms with van der Waals surface area (Å²) in [5, 5.41) is 14.7. The summed E-state index contributed by atoms with van der Waals surface area (Å²) in [6.45, 7) is 2.33. The van der Waals surface area contributed by atoms with E-state index >= 15 is 0 Å². The quantitative estimate of drug-likeness (QED) is 0.535. The molecule has 0 aliphatic heterocycles. The Hall–Kier alpha value is -3.35. The first-order valence-corrected chi connectivity index (χ1v) is 12.1. The van der Waals surface area contributed by atoms with E-state index in [4.69, 9.17) is 9.84 Å². The SMILES string of the molecule is CC1CCC(NC(=O)C(CCC(=O)O)NC(=O)OCC2c3ccccc3-c3ccccc32)CC1. The molecular formula is C27H32N2O5. The number of hydrogen-bond donors (Lipinski definition) is 3. The molecule has 0 saturated heterocycles. The molecule has 0 bridgehead atoms. The largest absolute Gasteiger partial charge is 0.481 e. The second-order valence-electron chi connectivity index (χ2n) is 9.42. The average Bonchev–Trinajstić information content (AvgIpc) is 3.15. The number of carbonyl (C=O) groups excluding carboxylic acids is 2. The maximum Gasteiger partial charge on any atom is 0.407 e. The Balaban J connectivity index is 1.38. The zero-order valence-corrected chi connectivity index (χ0v) is 19.5. The standard InChI is InChI=1S/C27H32N2O5/c1-17-10-12-18(13-11-17)28-26(32)24(14-15-25(30)31)29-27(33)34-16-23-21-8-4-2-6-19(21)20-7-3-5-9-22(20)23/h2-9,17-18,23-24H,10-16H2,1H3,(H,28,32)(H,29,33)(H,30,31). The van der Waals surface area contributed by atoms with Gasteiger partial charge in [0.15, 0.2) is 0 Å². The van der Waals surface area contributed by atoms with Crippen LogP contribution >= 0.6 is 0 Å². The van der Waals surface area contributed by atoms with Crippen LogP contribution in [0.3, 0.4) is 0 Å². The maximum atomic E-state index is 12.9. The summed E-state index contributed by atoms with van der Waals surface area (Å²) in [6.07, 6.45) is 2.95. The Bertz CT molecular complexity index is 999.